The average molecular weight is 313 g/mol. The zero-order valence-corrected chi connectivity index (χ0v) is 14.0. The van der Waals surface area contributed by atoms with Gasteiger partial charge < -0.3 is 11.1 Å². The number of aromatic nitrogens is 3. The maximum atomic E-state index is 12.4. The van der Waals surface area contributed by atoms with E-state index in [0.717, 1.165) is 11.3 Å². The number of benzene rings is 1. The van der Waals surface area contributed by atoms with Crippen LogP contribution in [0.2, 0.25) is 0 Å². The Morgan fingerprint density at radius 2 is 1.83 bits per heavy atom. The molecule has 1 amide bonds. The normalized spacial score (nSPS) is 18.7. The van der Waals surface area contributed by atoms with Crippen molar-refractivity contribution in [3.05, 3.63) is 30.1 Å². The lowest BCUT2D eigenvalue weighted by atomic mass is 10.0. The van der Waals surface area contributed by atoms with Gasteiger partial charge in [0.05, 0.1) is 6.54 Å². The Morgan fingerprint density at radius 1 is 1.22 bits per heavy atom. The summed E-state index contributed by atoms with van der Waals surface area (Å²) in [5.41, 5.74) is 7.25. The van der Waals surface area contributed by atoms with E-state index in [2.05, 4.69) is 48.2 Å². The number of nitrogens with zero attached hydrogens (tertiary/aromatic N) is 2. The topological polar surface area (TPSA) is 96.7 Å². The number of carbonyl (C=O) groups excluding carboxylic acids is 1. The molecule has 1 fully saturated rings. The number of aromatic amines is 1. The molecule has 1 aliphatic carbocycles. The van der Waals surface area contributed by atoms with Gasteiger partial charge in [-0.25, -0.2) is 4.98 Å². The van der Waals surface area contributed by atoms with Crippen molar-refractivity contribution >= 4 is 11.6 Å². The number of hydrogen-bond acceptors (Lipinski definition) is 4. The SMILES string of the molecule is CC1(C)C(C(=O)Nc2ccc(-c3n[nH]c(CN)n3)cc2)C1(C)C. The molecule has 6 heteroatoms. The highest BCUT2D eigenvalue weighted by atomic mass is 16.2. The van der Waals surface area contributed by atoms with Crippen molar-refractivity contribution < 1.29 is 4.79 Å². The fourth-order valence-corrected chi connectivity index (χ4v) is 3.28. The molecule has 1 saturated carbocycles. The van der Waals surface area contributed by atoms with E-state index < -0.39 is 0 Å². The number of H-pyrrole nitrogens is 1. The number of rotatable bonds is 4. The van der Waals surface area contributed by atoms with Gasteiger partial charge in [-0.1, -0.05) is 27.7 Å². The van der Waals surface area contributed by atoms with Gasteiger partial charge in [0.25, 0.3) is 0 Å². The Balaban J connectivity index is 1.70. The van der Waals surface area contributed by atoms with Crippen molar-refractivity contribution in [2.24, 2.45) is 22.5 Å². The first kappa shape index (κ1) is 15.7. The van der Waals surface area contributed by atoms with E-state index in [1.54, 1.807) is 0 Å². The van der Waals surface area contributed by atoms with Gasteiger partial charge >= 0.3 is 0 Å². The first-order valence-electron chi connectivity index (χ1n) is 7.80. The lowest BCUT2D eigenvalue weighted by Gasteiger charge is -2.07. The second-order valence-electron chi connectivity index (χ2n) is 7.25. The zero-order chi connectivity index (χ0) is 16.8. The quantitative estimate of drug-likeness (QED) is 0.808. The molecule has 1 heterocycles. The second kappa shape index (κ2) is 5.16. The zero-order valence-electron chi connectivity index (χ0n) is 14.0. The van der Waals surface area contributed by atoms with Crippen LogP contribution in [-0.4, -0.2) is 21.1 Å². The molecular formula is C17H23N5O. The summed E-state index contributed by atoms with van der Waals surface area (Å²) in [4.78, 5) is 16.7. The Labute approximate surface area is 135 Å². The van der Waals surface area contributed by atoms with Crippen LogP contribution in [0.15, 0.2) is 24.3 Å². The van der Waals surface area contributed by atoms with Crippen molar-refractivity contribution in [1.82, 2.24) is 15.2 Å². The molecule has 6 nitrogen and oxygen atoms in total. The molecule has 0 bridgehead atoms. The van der Waals surface area contributed by atoms with E-state index >= 15 is 0 Å². The van der Waals surface area contributed by atoms with E-state index in [1.807, 2.05) is 24.3 Å². The van der Waals surface area contributed by atoms with Crippen LogP contribution < -0.4 is 11.1 Å². The largest absolute Gasteiger partial charge is 0.326 e. The molecule has 1 aromatic carbocycles. The molecule has 3 rings (SSSR count). The first-order chi connectivity index (χ1) is 10.8. The predicted octanol–water partition coefficient (Wildman–Crippen LogP) is 2.55. The predicted molar refractivity (Wildman–Crippen MR) is 89.4 cm³/mol. The Kier molecular flexibility index (Phi) is 3.52. The molecule has 0 radical (unpaired) electrons. The molecule has 1 aromatic heterocycles. The molecular weight excluding hydrogens is 290 g/mol. The third-order valence-electron chi connectivity index (χ3n) is 5.42. The standard InChI is InChI=1S/C17H23N5O/c1-16(2)13(17(16,3)4)15(23)19-11-7-5-10(6-8-11)14-20-12(9-18)21-22-14/h5-8,13H,9,18H2,1-4H3,(H,19,23)(H,20,21,22). The number of anilines is 1. The van der Waals surface area contributed by atoms with Gasteiger partial charge in [-0.05, 0) is 35.1 Å². The Bertz CT molecular complexity index is 716. The molecule has 23 heavy (non-hydrogen) atoms. The van der Waals surface area contributed by atoms with Crippen LogP contribution in [0.5, 0.6) is 0 Å². The van der Waals surface area contributed by atoms with Gasteiger partial charge in [0.1, 0.15) is 5.82 Å². The molecule has 0 aliphatic heterocycles. The molecule has 2 aromatic rings. The molecule has 0 spiro atoms. The Hall–Kier alpha value is -2.21. The minimum atomic E-state index is 0.0363. The van der Waals surface area contributed by atoms with Crippen LogP contribution in [0.25, 0.3) is 11.4 Å². The third kappa shape index (κ3) is 2.53. The molecule has 0 saturated heterocycles. The number of nitrogens with two attached hydrogens (primary N) is 1. The van der Waals surface area contributed by atoms with E-state index in [1.165, 1.54) is 0 Å². The van der Waals surface area contributed by atoms with Crippen LogP contribution >= 0.6 is 0 Å². The van der Waals surface area contributed by atoms with Crippen molar-refractivity contribution in [3.8, 4) is 11.4 Å². The number of hydrogen-bond donors (Lipinski definition) is 3. The van der Waals surface area contributed by atoms with Crippen LogP contribution in [0, 0.1) is 16.7 Å². The van der Waals surface area contributed by atoms with E-state index in [4.69, 9.17) is 5.73 Å². The third-order valence-corrected chi connectivity index (χ3v) is 5.42. The summed E-state index contributed by atoms with van der Waals surface area (Å²) in [6.07, 6.45) is 0. The maximum Gasteiger partial charge on any atom is 0.228 e. The lowest BCUT2D eigenvalue weighted by Crippen LogP contribution is -2.17. The maximum absolute atomic E-state index is 12.4. The van der Waals surface area contributed by atoms with Crippen molar-refractivity contribution in [2.75, 3.05) is 5.32 Å². The monoisotopic (exact) mass is 313 g/mol. The summed E-state index contributed by atoms with van der Waals surface area (Å²) < 4.78 is 0. The van der Waals surface area contributed by atoms with Gasteiger partial charge in [-0.2, -0.15) is 5.10 Å². The molecule has 1 aliphatic rings. The van der Waals surface area contributed by atoms with Crippen LogP contribution in [0.3, 0.4) is 0 Å². The summed E-state index contributed by atoms with van der Waals surface area (Å²) in [5, 5.41) is 9.91. The van der Waals surface area contributed by atoms with Gasteiger partial charge in [0.2, 0.25) is 5.91 Å². The summed E-state index contributed by atoms with van der Waals surface area (Å²) in [5.74, 6) is 1.37. The fraction of sp³-hybridized carbons (Fsp3) is 0.471. The van der Waals surface area contributed by atoms with Crippen molar-refractivity contribution in [1.29, 1.82) is 0 Å². The van der Waals surface area contributed by atoms with Gasteiger partial charge in [0, 0.05) is 17.2 Å². The van der Waals surface area contributed by atoms with E-state index in [-0.39, 0.29) is 22.7 Å². The second-order valence-corrected chi connectivity index (χ2v) is 7.25. The van der Waals surface area contributed by atoms with Crippen molar-refractivity contribution in [3.63, 3.8) is 0 Å². The van der Waals surface area contributed by atoms with Crippen LogP contribution in [0.4, 0.5) is 5.69 Å². The number of carbonyl (C=O) groups is 1. The average Bonchev–Trinajstić information content (AvgIpc) is 2.85. The highest BCUT2D eigenvalue weighted by Gasteiger charge is 2.68. The lowest BCUT2D eigenvalue weighted by molar-refractivity contribution is -0.118. The molecule has 0 atom stereocenters. The van der Waals surface area contributed by atoms with E-state index in [0.29, 0.717) is 18.2 Å². The summed E-state index contributed by atoms with van der Waals surface area (Å²) >= 11 is 0. The highest BCUT2D eigenvalue weighted by molar-refractivity contribution is 5.96. The van der Waals surface area contributed by atoms with Gasteiger partial charge in [-0.3, -0.25) is 9.89 Å². The smallest absolute Gasteiger partial charge is 0.228 e. The number of amides is 1. The minimum Gasteiger partial charge on any atom is -0.326 e. The summed E-state index contributed by atoms with van der Waals surface area (Å²) in [6.45, 7) is 8.88. The molecule has 0 unspecified atom stereocenters. The molecule has 4 N–H and O–H groups in total. The molecule has 122 valence electrons. The fourth-order valence-electron chi connectivity index (χ4n) is 3.28. The summed E-state index contributed by atoms with van der Waals surface area (Å²) in [7, 11) is 0. The van der Waals surface area contributed by atoms with E-state index in [9.17, 15) is 4.79 Å². The van der Waals surface area contributed by atoms with Gasteiger partial charge in [0.15, 0.2) is 5.82 Å². The summed E-state index contributed by atoms with van der Waals surface area (Å²) in [6, 6.07) is 7.52. The first-order valence-corrected chi connectivity index (χ1v) is 7.80. The Morgan fingerprint density at radius 3 is 2.30 bits per heavy atom. The highest BCUT2D eigenvalue weighted by Crippen LogP contribution is 2.68. The van der Waals surface area contributed by atoms with Gasteiger partial charge in [-0.15, -0.1) is 0 Å². The van der Waals surface area contributed by atoms with Crippen LogP contribution in [-0.2, 0) is 11.3 Å². The van der Waals surface area contributed by atoms with Crippen molar-refractivity contribution in [2.45, 2.75) is 34.2 Å². The van der Waals surface area contributed by atoms with Crippen LogP contribution in [0.1, 0.15) is 33.5 Å². The number of nitrogens with one attached hydrogen (secondary N) is 2. The minimum absolute atomic E-state index is 0.0363.